The molecular weight excluding hydrogens is 410 g/mol. The predicted octanol–water partition coefficient (Wildman–Crippen LogP) is 1.11. The highest BCUT2D eigenvalue weighted by Gasteiger charge is 2.47. The first-order valence-electron chi connectivity index (χ1n) is 9.57. The van der Waals surface area contributed by atoms with Gasteiger partial charge in [0.15, 0.2) is 12.2 Å². The number of likely N-dealkylation sites (N-methyl/N-ethyl adjacent to an activating group) is 2. The van der Waals surface area contributed by atoms with Crippen LogP contribution in [-0.2, 0) is 23.6 Å². The van der Waals surface area contributed by atoms with E-state index in [1.165, 1.54) is 41.8 Å². The van der Waals surface area contributed by atoms with Gasteiger partial charge in [0.2, 0.25) is 5.79 Å². The second-order valence-corrected chi connectivity index (χ2v) is 8.04. The molecular formula is C20H24BFN2O7. The van der Waals surface area contributed by atoms with E-state index >= 15 is 0 Å². The zero-order valence-corrected chi connectivity index (χ0v) is 18.2. The molecule has 1 saturated heterocycles. The summed E-state index contributed by atoms with van der Waals surface area (Å²) in [6.07, 6.45) is -0.726. The molecule has 166 valence electrons. The summed E-state index contributed by atoms with van der Waals surface area (Å²) in [5.41, 5.74) is 0.0715. The van der Waals surface area contributed by atoms with Gasteiger partial charge >= 0.3 is 13.1 Å². The van der Waals surface area contributed by atoms with Crippen LogP contribution in [0.25, 0.3) is 6.08 Å². The average molecular weight is 434 g/mol. The van der Waals surface area contributed by atoms with Crippen molar-refractivity contribution >= 4 is 31.0 Å². The van der Waals surface area contributed by atoms with E-state index in [2.05, 4.69) is 0 Å². The Morgan fingerprint density at radius 3 is 2.10 bits per heavy atom. The topological polar surface area (TPSA) is 94.6 Å². The molecule has 0 aromatic heterocycles. The molecule has 0 unspecified atom stereocenters. The van der Waals surface area contributed by atoms with Crippen molar-refractivity contribution in [3.05, 3.63) is 35.1 Å². The molecule has 0 bridgehead atoms. The highest BCUT2D eigenvalue weighted by atomic mass is 19.1. The largest absolute Gasteiger partial charge is 0.487 e. The van der Waals surface area contributed by atoms with E-state index in [9.17, 15) is 18.8 Å². The Morgan fingerprint density at radius 1 is 1.03 bits per heavy atom. The third kappa shape index (κ3) is 4.57. The number of rotatable bonds is 4. The van der Waals surface area contributed by atoms with E-state index in [1.807, 2.05) is 0 Å². The van der Waals surface area contributed by atoms with Crippen molar-refractivity contribution < 1.29 is 37.6 Å². The monoisotopic (exact) mass is 434 g/mol. The Morgan fingerprint density at radius 2 is 1.58 bits per heavy atom. The lowest BCUT2D eigenvalue weighted by Crippen LogP contribution is -2.47. The lowest BCUT2D eigenvalue weighted by molar-refractivity contribution is -0.146. The number of ether oxygens (including phenoxy) is 2. The van der Waals surface area contributed by atoms with E-state index in [-0.39, 0.29) is 11.3 Å². The Hall–Kier alpha value is -2.92. The maximum absolute atomic E-state index is 14.2. The fourth-order valence-corrected chi connectivity index (χ4v) is 3.17. The van der Waals surface area contributed by atoms with Gasteiger partial charge in [-0.15, -0.1) is 0 Å². The van der Waals surface area contributed by atoms with Crippen molar-refractivity contribution in [1.29, 1.82) is 0 Å². The highest BCUT2D eigenvalue weighted by Crippen LogP contribution is 2.36. The van der Waals surface area contributed by atoms with Crippen LogP contribution in [-0.4, -0.2) is 80.9 Å². The number of esters is 1. The second kappa shape index (κ2) is 8.31. The third-order valence-electron chi connectivity index (χ3n) is 4.67. The molecule has 1 fully saturated rings. The van der Waals surface area contributed by atoms with Gasteiger partial charge in [-0.3, -0.25) is 9.59 Å². The molecule has 11 heteroatoms. The molecule has 3 rings (SSSR count). The van der Waals surface area contributed by atoms with E-state index in [4.69, 9.17) is 18.8 Å². The number of carbonyl (C=O) groups is 3. The average Bonchev–Trinajstić information content (AvgIpc) is 3.08. The summed E-state index contributed by atoms with van der Waals surface area (Å²) >= 11 is 0. The van der Waals surface area contributed by atoms with Gasteiger partial charge < -0.3 is 28.6 Å². The number of benzene rings is 1. The van der Waals surface area contributed by atoms with Crippen LogP contribution in [0.4, 0.5) is 4.39 Å². The minimum atomic E-state index is -1.27. The Kier molecular flexibility index (Phi) is 6.10. The van der Waals surface area contributed by atoms with Crippen LogP contribution in [0, 0.1) is 5.82 Å². The van der Waals surface area contributed by atoms with Gasteiger partial charge in [-0.05, 0) is 12.1 Å². The van der Waals surface area contributed by atoms with Crippen LogP contribution in [0.15, 0.2) is 18.1 Å². The number of hydrogen-bond donors (Lipinski definition) is 0. The van der Waals surface area contributed by atoms with Crippen LogP contribution in [0.2, 0.25) is 0 Å². The first kappa shape index (κ1) is 22.8. The number of nitrogens with zero attached hydrogens (tertiary/aromatic N) is 2. The maximum atomic E-state index is 14.2. The van der Waals surface area contributed by atoms with Crippen molar-refractivity contribution in [3.8, 4) is 5.75 Å². The molecule has 1 aromatic carbocycles. The Labute approximate surface area is 179 Å². The summed E-state index contributed by atoms with van der Waals surface area (Å²) in [6, 6.07) is 2.55. The van der Waals surface area contributed by atoms with E-state index in [1.54, 1.807) is 28.2 Å². The summed E-state index contributed by atoms with van der Waals surface area (Å²) in [5.74, 6) is -2.21. The summed E-state index contributed by atoms with van der Waals surface area (Å²) in [7, 11) is 5.18. The van der Waals surface area contributed by atoms with Gasteiger partial charge in [-0.1, -0.05) is 12.1 Å². The Balaban J connectivity index is 1.89. The molecule has 1 aromatic rings. The van der Waals surface area contributed by atoms with Gasteiger partial charge in [-0.2, -0.15) is 0 Å². The lowest BCUT2D eigenvalue weighted by atomic mass is 9.89. The predicted molar refractivity (Wildman–Crippen MR) is 108 cm³/mol. The molecule has 9 nitrogen and oxygen atoms in total. The minimum Gasteiger partial charge on any atom is -0.451 e. The zero-order valence-electron chi connectivity index (χ0n) is 18.2. The number of amides is 2. The molecule has 2 amide bonds. The van der Waals surface area contributed by atoms with Crippen LogP contribution < -0.4 is 4.74 Å². The minimum absolute atomic E-state index is 0.0253. The fourth-order valence-electron chi connectivity index (χ4n) is 3.17. The summed E-state index contributed by atoms with van der Waals surface area (Å²) < 4.78 is 36.3. The lowest BCUT2D eigenvalue weighted by Gasteiger charge is -2.32. The van der Waals surface area contributed by atoms with E-state index < -0.39 is 48.7 Å². The second-order valence-electron chi connectivity index (χ2n) is 8.04. The first-order chi connectivity index (χ1) is 14.4. The van der Waals surface area contributed by atoms with Crippen molar-refractivity contribution in [1.82, 2.24) is 9.80 Å². The van der Waals surface area contributed by atoms with Gasteiger partial charge in [0.05, 0.1) is 0 Å². The molecule has 31 heavy (non-hydrogen) atoms. The molecule has 0 radical (unpaired) electrons. The summed E-state index contributed by atoms with van der Waals surface area (Å²) in [6.45, 7) is 3.06. The van der Waals surface area contributed by atoms with Crippen molar-refractivity contribution in [2.24, 2.45) is 0 Å². The molecule has 2 heterocycles. The molecule has 0 saturated carbocycles. The molecule has 2 aliphatic rings. The quantitative estimate of drug-likeness (QED) is 0.518. The fraction of sp³-hybridized carbons (Fsp3) is 0.450. The summed E-state index contributed by atoms with van der Waals surface area (Å²) in [5, 5.41) is 0. The number of cyclic esters (lactones) is 1. The molecule has 2 aliphatic heterocycles. The van der Waals surface area contributed by atoms with Gasteiger partial charge in [0.25, 0.3) is 11.8 Å². The molecule has 0 N–H and O–H groups in total. The SMILES string of the molecule is CN(C)C(=O)[C@@H]1OB(/C=C\c2ccc(F)c3c2OC(C)(C)OC3=O)O[C@H]1C(=O)N(C)C. The van der Waals surface area contributed by atoms with Crippen LogP contribution in [0.5, 0.6) is 5.75 Å². The number of carbonyl (C=O) groups excluding carboxylic acids is 3. The van der Waals surface area contributed by atoms with Crippen molar-refractivity contribution in [2.45, 2.75) is 31.8 Å². The standard InChI is InChI=1S/C20H24BFN2O7/c1-20(2)28-14-11(7-8-12(22)13(14)19(27)29-20)9-10-21-30-15(17(25)23(3)4)16(31-21)18(26)24(5)6/h7-10,15-16H,1-6H3/b10-9-/t15-,16-/m1/s1. The molecule has 0 aliphatic carbocycles. The molecule has 0 spiro atoms. The Bertz CT molecular complexity index is 920. The number of halogens is 1. The summed E-state index contributed by atoms with van der Waals surface area (Å²) in [4.78, 5) is 39.7. The zero-order chi connectivity index (χ0) is 23.1. The smallest absolute Gasteiger partial charge is 0.451 e. The van der Waals surface area contributed by atoms with Crippen molar-refractivity contribution in [2.75, 3.05) is 28.2 Å². The van der Waals surface area contributed by atoms with Gasteiger partial charge in [-0.25, -0.2) is 9.18 Å². The van der Waals surface area contributed by atoms with E-state index in [0.29, 0.717) is 5.56 Å². The van der Waals surface area contributed by atoms with Gasteiger partial charge in [0, 0.05) is 47.6 Å². The highest BCUT2D eigenvalue weighted by molar-refractivity contribution is 6.53. The van der Waals surface area contributed by atoms with Crippen LogP contribution >= 0.6 is 0 Å². The van der Waals surface area contributed by atoms with Crippen molar-refractivity contribution in [3.63, 3.8) is 0 Å². The van der Waals surface area contributed by atoms with E-state index in [0.717, 1.165) is 6.07 Å². The van der Waals surface area contributed by atoms with Gasteiger partial charge in [0.1, 0.15) is 17.1 Å². The molecule has 2 atom stereocenters. The third-order valence-corrected chi connectivity index (χ3v) is 4.67. The van der Waals surface area contributed by atoms with Crippen LogP contribution in [0.3, 0.4) is 0 Å². The number of hydrogen-bond acceptors (Lipinski definition) is 7. The number of fused-ring (bicyclic) bond motifs is 1. The normalized spacial score (nSPS) is 22.0. The van der Waals surface area contributed by atoms with Crippen LogP contribution in [0.1, 0.15) is 29.8 Å². The maximum Gasteiger partial charge on any atom is 0.487 e. The first-order valence-corrected chi connectivity index (χ1v) is 9.57.